The Kier molecular flexibility index (Phi) is 5.62. The van der Waals surface area contributed by atoms with Crippen molar-refractivity contribution in [1.29, 1.82) is 0 Å². The molecule has 0 bridgehead atoms. The summed E-state index contributed by atoms with van der Waals surface area (Å²) < 4.78 is 5.50. The molecule has 0 saturated heterocycles. The third-order valence-electron chi connectivity index (χ3n) is 3.34. The minimum Gasteiger partial charge on any atom is -0.377 e. The second-order valence-corrected chi connectivity index (χ2v) is 5.47. The molecule has 0 aromatic carbocycles. The number of hydrogen-bond donors (Lipinski definition) is 1. The maximum Gasteiger partial charge on any atom is 0.0594 e. The van der Waals surface area contributed by atoms with Gasteiger partial charge in [0.05, 0.1) is 12.7 Å². The van der Waals surface area contributed by atoms with Crippen molar-refractivity contribution in [1.82, 2.24) is 5.32 Å². The van der Waals surface area contributed by atoms with Crippen molar-refractivity contribution in [2.75, 3.05) is 19.7 Å². The van der Waals surface area contributed by atoms with E-state index >= 15 is 0 Å². The lowest BCUT2D eigenvalue weighted by atomic mass is 9.76. The predicted molar refractivity (Wildman–Crippen MR) is 65.1 cm³/mol. The normalized spacial score (nSPS) is 20.8. The molecule has 1 N–H and O–H groups in total. The first-order valence-electron chi connectivity index (χ1n) is 6.45. The van der Waals surface area contributed by atoms with Crippen LogP contribution in [0.25, 0.3) is 0 Å². The molecule has 1 saturated carbocycles. The highest BCUT2D eigenvalue weighted by molar-refractivity contribution is 4.80. The molecule has 0 radical (unpaired) electrons. The van der Waals surface area contributed by atoms with Crippen molar-refractivity contribution in [2.45, 2.75) is 59.0 Å². The number of hydrogen-bond acceptors (Lipinski definition) is 2. The van der Waals surface area contributed by atoms with Gasteiger partial charge in [0.15, 0.2) is 0 Å². The minimum atomic E-state index is 0.358. The molecule has 15 heavy (non-hydrogen) atoms. The summed E-state index contributed by atoms with van der Waals surface area (Å²) in [6, 6.07) is 0. The van der Waals surface area contributed by atoms with Crippen molar-refractivity contribution in [2.24, 2.45) is 5.41 Å². The Morgan fingerprint density at radius 2 is 1.87 bits per heavy atom. The van der Waals surface area contributed by atoms with Crippen LogP contribution >= 0.6 is 0 Å². The van der Waals surface area contributed by atoms with Crippen LogP contribution in [-0.4, -0.2) is 25.8 Å². The first kappa shape index (κ1) is 13.0. The maximum atomic E-state index is 5.50. The molecule has 1 aliphatic carbocycles. The predicted octanol–water partition coefficient (Wildman–Crippen LogP) is 2.97. The Bertz CT molecular complexity index is 162. The standard InChI is InChI=1S/C13H27NO/c1-12(2)15-10-9-14-11-13(3)7-5-4-6-8-13/h12,14H,4-11H2,1-3H3. The SMILES string of the molecule is CC(C)OCCNCC1(C)CCCCC1. The number of nitrogens with one attached hydrogen (secondary N) is 1. The van der Waals surface area contributed by atoms with Gasteiger partial charge in [0.2, 0.25) is 0 Å². The van der Waals surface area contributed by atoms with Crippen molar-refractivity contribution in [3.63, 3.8) is 0 Å². The Labute approximate surface area is 94.8 Å². The molecule has 0 spiro atoms. The van der Waals surface area contributed by atoms with Gasteiger partial charge in [-0.25, -0.2) is 0 Å². The Hall–Kier alpha value is -0.0800. The fourth-order valence-corrected chi connectivity index (χ4v) is 2.34. The molecule has 90 valence electrons. The lowest BCUT2D eigenvalue weighted by Crippen LogP contribution is -2.35. The van der Waals surface area contributed by atoms with Crippen molar-refractivity contribution < 1.29 is 4.74 Å². The molecule has 0 atom stereocenters. The van der Waals surface area contributed by atoms with Crippen molar-refractivity contribution in [3.05, 3.63) is 0 Å². The van der Waals surface area contributed by atoms with E-state index in [4.69, 9.17) is 4.74 Å². The molecule has 0 amide bonds. The largest absolute Gasteiger partial charge is 0.377 e. The average molecular weight is 213 g/mol. The van der Waals surface area contributed by atoms with Gasteiger partial charge in [0.25, 0.3) is 0 Å². The van der Waals surface area contributed by atoms with E-state index in [2.05, 4.69) is 26.1 Å². The third-order valence-corrected chi connectivity index (χ3v) is 3.34. The third kappa shape index (κ3) is 5.53. The summed E-state index contributed by atoms with van der Waals surface area (Å²) in [4.78, 5) is 0. The van der Waals surface area contributed by atoms with Gasteiger partial charge in [0, 0.05) is 13.1 Å². The summed E-state index contributed by atoms with van der Waals surface area (Å²) in [6.45, 7) is 9.59. The molecule has 2 nitrogen and oxygen atoms in total. The molecule has 2 heteroatoms. The average Bonchev–Trinajstić information content (AvgIpc) is 2.17. The Balaban J connectivity index is 2.03. The van der Waals surface area contributed by atoms with E-state index in [1.807, 2.05) is 0 Å². The molecular weight excluding hydrogens is 186 g/mol. The van der Waals surface area contributed by atoms with E-state index in [1.165, 1.54) is 32.1 Å². The second kappa shape index (κ2) is 6.49. The van der Waals surface area contributed by atoms with E-state index < -0.39 is 0 Å². The van der Waals surface area contributed by atoms with Gasteiger partial charge in [0.1, 0.15) is 0 Å². The summed E-state index contributed by atoms with van der Waals surface area (Å²) in [5, 5.41) is 3.53. The van der Waals surface area contributed by atoms with E-state index in [-0.39, 0.29) is 0 Å². The molecule has 0 aliphatic heterocycles. The van der Waals surface area contributed by atoms with E-state index in [0.717, 1.165) is 19.7 Å². The Morgan fingerprint density at radius 1 is 1.20 bits per heavy atom. The molecule has 0 aromatic rings. The fourth-order valence-electron chi connectivity index (χ4n) is 2.34. The van der Waals surface area contributed by atoms with Crippen LogP contribution in [0.1, 0.15) is 52.9 Å². The first-order valence-corrected chi connectivity index (χ1v) is 6.45. The summed E-state index contributed by atoms with van der Waals surface area (Å²) in [5.41, 5.74) is 0.552. The van der Waals surface area contributed by atoms with Gasteiger partial charge in [-0.3, -0.25) is 0 Å². The monoisotopic (exact) mass is 213 g/mol. The molecule has 1 rings (SSSR count). The highest BCUT2D eigenvalue weighted by Crippen LogP contribution is 2.34. The van der Waals surface area contributed by atoms with Crippen LogP contribution in [0.3, 0.4) is 0 Å². The van der Waals surface area contributed by atoms with Gasteiger partial charge in [-0.1, -0.05) is 26.2 Å². The van der Waals surface area contributed by atoms with Gasteiger partial charge >= 0.3 is 0 Å². The molecule has 1 fully saturated rings. The number of rotatable bonds is 6. The van der Waals surface area contributed by atoms with Gasteiger partial charge in [-0.15, -0.1) is 0 Å². The van der Waals surface area contributed by atoms with Crippen molar-refractivity contribution >= 4 is 0 Å². The van der Waals surface area contributed by atoms with Crippen LogP contribution in [0.15, 0.2) is 0 Å². The van der Waals surface area contributed by atoms with E-state index in [0.29, 0.717) is 11.5 Å². The Morgan fingerprint density at radius 3 is 2.47 bits per heavy atom. The topological polar surface area (TPSA) is 21.3 Å². The maximum absolute atomic E-state index is 5.50. The molecule has 0 aromatic heterocycles. The smallest absolute Gasteiger partial charge is 0.0594 e. The minimum absolute atomic E-state index is 0.358. The van der Waals surface area contributed by atoms with Crippen LogP contribution < -0.4 is 5.32 Å². The summed E-state index contributed by atoms with van der Waals surface area (Å²) in [6.07, 6.45) is 7.42. The highest BCUT2D eigenvalue weighted by Gasteiger charge is 2.25. The van der Waals surface area contributed by atoms with Gasteiger partial charge in [-0.2, -0.15) is 0 Å². The van der Waals surface area contributed by atoms with E-state index in [1.54, 1.807) is 0 Å². The van der Waals surface area contributed by atoms with Gasteiger partial charge in [-0.05, 0) is 32.1 Å². The first-order chi connectivity index (χ1) is 7.12. The number of ether oxygens (including phenoxy) is 1. The lowest BCUT2D eigenvalue weighted by Gasteiger charge is -2.33. The zero-order valence-electron chi connectivity index (χ0n) is 10.6. The summed E-state index contributed by atoms with van der Waals surface area (Å²) >= 11 is 0. The summed E-state index contributed by atoms with van der Waals surface area (Å²) in [5.74, 6) is 0. The van der Waals surface area contributed by atoms with Crippen LogP contribution in [0.2, 0.25) is 0 Å². The quantitative estimate of drug-likeness (QED) is 0.685. The van der Waals surface area contributed by atoms with Crippen LogP contribution in [-0.2, 0) is 4.74 Å². The second-order valence-electron chi connectivity index (χ2n) is 5.47. The van der Waals surface area contributed by atoms with Gasteiger partial charge < -0.3 is 10.1 Å². The van der Waals surface area contributed by atoms with Crippen LogP contribution in [0, 0.1) is 5.41 Å². The summed E-state index contributed by atoms with van der Waals surface area (Å²) in [7, 11) is 0. The van der Waals surface area contributed by atoms with Crippen molar-refractivity contribution in [3.8, 4) is 0 Å². The molecule has 1 aliphatic rings. The highest BCUT2D eigenvalue weighted by atomic mass is 16.5. The van der Waals surface area contributed by atoms with E-state index in [9.17, 15) is 0 Å². The van der Waals surface area contributed by atoms with Crippen LogP contribution in [0.5, 0.6) is 0 Å². The zero-order valence-corrected chi connectivity index (χ0v) is 10.6. The zero-order chi connectivity index (χ0) is 11.1. The fraction of sp³-hybridized carbons (Fsp3) is 1.00. The van der Waals surface area contributed by atoms with Crippen LogP contribution in [0.4, 0.5) is 0 Å². The molecular formula is C13H27NO. The molecule has 0 unspecified atom stereocenters. The molecule has 0 heterocycles. The lowest BCUT2D eigenvalue weighted by molar-refractivity contribution is 0.0781.